The van der Waals surface area contributed by atoms with Crippen molar-refractivity contribution in [3.05, 3.63) is 36.4 Å². The molecule has 1 aromatic carbocycles. The molecular formula is C14H18N4O. The lowest BCUT2D eigenvalue weighted by atomic mass is 10.2. The maximum atomic E-state index is 5.76. The molecule has 0 bridgehead atoms. The van der Waals surface area contributed by atoms with Crippen LogP contribution >= 0.6 is 0 Å². The van der Waals surface area contributed by atoms with Crippen LogP contribution in [-0.2, 0) is 0 Å². The zero-order valence-electron chi connectivity index (χ0n) is 11.1. The average Bonchev–Trinajstić information content (AvgIpc) is 2.42. The molecule has 0 fully saturated rings. The van der Waals surface area contributed by atoms with Gasteiger partial charge in [-0.15, -0.1) is 10.2 Å². The second kappa shape index (κ2) is 6.04. The lowest BCUT2D eigenvalue weighted by Crippen LogP contribution is -2.09. The van der Waals surface area contributed by atoms with Gasteiger partial charge in [-0.05, 0) is 37.6 Å². The normalized spacial score (nSPS) is 11.9. The van der Waals surface area contributed by atoms with E-state index in [1.54, 1.807) is 12.1 Å². The van der Waals surface area contributed by atoms with Gasteiger partial charge in [0.1, 0.15) is 11.6 Å². The fraction of sp³-hybridized carbons (Fsp3) is 0.286. The molecule has 0 saturated carbocycles. The van der Waals surface area contributed by atoms with Crippen LogP contribution in [0.2, 0.25) is 0 Å². The van der Waals surface area contributed by atoms with E-state index in [0.29, 0.717) is 11.6 Å². The molecule has 19 heavy (non-hydrogen) atoms. The number of rotatable bonds is 5. The first-order chi connectivity index (χ1) is 9.17. The van der Waals surface area contributed by atoms with Gasteiger partial charge in [0.15, 0.2) is 5.82 Å². The minimum Gasteiger partial charge on any atom is -0.491 e. The summed E-state index contributed by atoms with van der Waals surface area (Å²) in [5, 5.41) is 10.9. The van der Waals surface area contributed by atoms with E-state index in [9.17, 15) is 0 Å². The van der Waals surface area contributed by atoms with E-state index in [1.807, 2.05) is 31.2 Å². The van der Waals surface area contributed by atoms with E-state index < -0.39 is 0 Å². The van der Waals surface area contributed by atoms with Gasteiger partial charge in [-0.1, -0.05) is 13.0 Å². The third-order valence-corrected chi connectivity index (χ3v) is 2.70. The summed E-state index contributed by atoms with van der Waals surface area (Å²) in [4.78, 5) is 0. The number of ether oxygens (including phenoxy) is 1. The molecule has 0 spiro atoms. The number of hydrogen-bond acceptors (Lipinski definition) is 5. The highest BCUT2D eigenvalue weighted by atomic mass is 16.5. The van der Waals surface area contributed by atoms with E-state index in [1.165, 1.54) is 0 Å². The molecule has 1 aromatic heterocycles. The number of nitrogens with zero attached hydrogens (tertiary/aromatic N) is 2. The van der Waals surface area contributed by atoms with E-state index >= 15 is 0 Å². The standard InChI is InChI=1S/C14H18N4O/c1-3-10(2)19-12-6-4-5-11(9-12)16-14-8-7-13(15)17-18-14/h4-10H,3H2,1-2H3,(H2,15,17)(H,16,18). The summed E-state index contributed by atoms with van der Waals surface area (Å²) in [5.41, 5.74) is 6.40. The van der Waals surface area contributed by atoms with E-state index in [0.717, 1.165) is 17.9 Å². The number of nitrogens with two attached hydrogens (primary N) is 1. The molecule has 3 N–H and O–H groups in total. The Kier molecular flexibility index (Phi) is 4.18. The highest BCUT2D eigenvalue weighted by molar-refractivity contribution is 5.58. The first kappa shape index (κ1) is 13.1. The van der Waals surface area contributed by atoms with Crippen LogP contribution in [0.5, 0.6) is 5.75 Å². The van der Waals surface area contributed by atoms with Crippen LogP contribution in [0.25, 0.3) is 0 Å². The maximum absolute atomic E-state index is 5.76. The van der Waals surface area contributed by atoms with Gasteiger partial charge >= 0.3 is 0 Å². The summed E-state index contributed by atoms with van der Waals surface area (Å²) in [6, 6.07) is 11.2. The molecule has 1 atom stereocenters. The van der Waals surface area contributed by atoms with Crippen LogP contribution in [-0.4, -0.2) is 16.3 Å². The minimum absolute atomic E-state index is 0.201. The molecule has 0 amide bonds. The zero-order valence-corrected chi connectivity index (χ0v) is 11.1. The molecule has 0 aliphatic rings. The summed E-state index contributed by atoms with van der Waals surface area (Å²) < 4.78 is 5.76. The largest absolute Gasteiger partial charge is 0.491 e. The Morgan fingerprint density at radius 2 is 2.11 bits per heavy atom. The highest BCUT2D eigenvalue weighted by Gasteiger charge is 2.03. The number of nitrogen functional groups attached to an aromatic ring is 1. The van der Waals surface area contributed by atoms with Gasteiger partial charge in [0.05, 0.1) is 6.10 Å². The van der Waals surface area contributed by atoms with Crippen molar-refractivity contribution in [1.82, 2.24) is 10.2 Å². The van der Waals surface area contributed by atoms with Crippen LogP contribution in [0.1, 0.15) is 20.3 Å². The Labute approximate surface area is 112 Å². The molecule has 5 heteroatoms. The molecule has 0 aliphatic heterocycles. The van der Waals surface area contributed by atoms with Crippen molar-refractivity contribution in [2.45, 2.75) is 26.4 Å². The van der Waals surface area contributed by atoms with Crippen molar-refractivity contribution in [2.24, 2.45) is 0 Å². The molecule has 1 unspecified atom stereocenters. The van der Waals surface area contributed by atoms with Gasteiger partial charge in [0.2, 0.25) is 0 Å². The second-order valence-corrected chi connectivity index (χ2v) is 4.33. The monoisotopic (exact) mass is 258 g/mol. The molecular weight excluding hydrogens is 240 g/mol. The minimum atomic E-state index is 0.201. The number of hydrogen-bond donors (Lipinski definition) is 2. The van der Waals surface area contributed by atoms with Crippen LogP contribution in [0.3, 0.4) is 0 Å². The summed E-state index contributed by atoms with van der Waals surface area (Å²) in [5.74, 6) is 1.89. The first-order valence-corrected chi connectivity index (χ1v) is 6.30. The zero-order chi connectivity index (χ0) is 13.7. The Hall–Kier alpha value is -2.30. The van der Waals surface area contributed by atoms with Crippen molar-refractivity contribution in [1.29, 1.82) is 0 Å². The molecule has 1 heterocycles. The SMILES string of the molecule is CCC(C)Oc1cccc(Nc2ccc(N)nn2)c1. The maximum Gasteiger partial charge on any atom is 0.153 e. The predicted molar refractivity (Wildman–Crippen MR) is 76.6 cm³/mol. The third-order valence-electron chi connectivity index (χ3n) is 2.70. The number of anilines is 3. The Bertz CT molecular complexity index is 527. The molecule has 0 aliphatic carbocycles. The van der Waals surface area contributed by atoms with Crippen LogP contribution in [0.15, 0.2) is 36.4 Å². The molecule has 2 aromatic rings. The summed E-state index contributed by atoms with van der Waals surface area (Å²) >= 11 is 0. The van der Waals surface area contributed by atoms with Crippen molar-refractivity contribution in [2.75, 3.05) is 11.1 Å². The molecule has 5 nitrogen and oxygen atoms in total. The van der Waals surface area contributed by atoms with Crippen LogP contribution in [0.4, 0.5) is 17.3 Å². The van der Waals surface area contributed by atoms with Crippen LogP contribution < -0.4 is 15.8 Å². The predicted octanol–water partition coefficient (Wildman–Crippen LogP) is 2.98. The summed E-state index contributed by atoms with van der Waals surface area (Å²) in [6.07, 6.45) is 1.17. The summed E-state index contributed by atoms with van der Waals surface area (Å²) in [6.45, 7) is 4.14. The molecule has 0 saturated heterocycles. The Morgan fingerprint density at radius 1 is 1.26 bits per heavy atom. The van der Waals surface area contributed by atoms with Crippen molar-refractivity contribution in [3.63, 3.8) is 0 Å². The third kappa shape index (κ3) is 3.84. The van der Waals surface area contributed by atoms with Crippen molar-refractivity contribution in [3.8, 4) is 5.75 Å². The smallest absolute Gasteiger partial charge is 0.153 e. The quantitative estimate of drug-likeness (QED) is 0.862. The number of benzene rings is 1. The molecule has 100 valence electrons. The Morgan fingerprint density at radius 3 is 2.79 bits per heavy atom. The fourth-order valence-electron chi connectivity index (χ4n) is 1.52. The molecule has 0 radical (unpaired) electrons. The fourth-order valence-corrected chi connectivity index (χ4v) is 1.52. The summed E-state index contributed by atoms with van der Waals surface area (Å²) in [7, 11) is 0. The van der Waals surface area contributed by atoms with Crippen molar-refractivity contribution >= 4 is 17.3 Å². The lowest BCUT2D eigenvalue weighted by Gasteiger charge is -2.13. The average molecular weight is 258 g/mol. The van der Waals surface area contributed by atoms with Gasteiger partial charge in [0, 0.05) is 11.8 Å². The second-order valence-electron chi connectivity index (χ2n) is 4.33. The lowest BCUT2D eigenvalue weighted by molar-refractivity contribution is 0.217. The van der Waals surface area contributed by atoms with Gasteiger partial charge in [-0.25, -0.2) is 0 Å². The van der Waals surface area contributed by atoms with E-state index in [2.05, 4.69) is 22.4 Å². The first-order valence-electron chi connectivity index (χ1n) is 6.30. The van der Waals surface area contributed by atoms with Gasteiger partial charge in [0.25, 0.3) is 0 Å². The number of nitrogens with one attached hydrogen (secondary N) is 1. The van der Waals surface area contributed by atoms with Crippen molar-refractivity contribution < 1.29 is 4.74 Å². The Balaban J connectivity index is 2.08. The van der Waals surface area contributed by atoms with E-state index in [4.69, 9.17) is 10.5 Å². The number of aromatic nitrogens is 2. The topological polar surface area (TPSA) is 73.1 Å². The van der Waals surface area contributed by atoms with E-state index in [-0.39, 0.29) is 6.10 Å². The van der Waals surface area contributed by atoms with Gasteiger partial charge in [-0.2, -0.15) is 0 Å². The van der Waals surface area contributed by atoms with Gasteiger partial charge in [-0.3, -0.25) is 0 Å². The van der Waals surface area contributed by atoms with Gasteiger partial charge < -0.3 is 15.8 Å². The highest BCUT2D eigenvalue weighted by Crippen LogP contribution is 2.21. The molecule has 2 rings (SSSR count). The van der Waals surface area contributed by atoms with Crippen LogP contribution in [0, 0.1) is 0 Å².